The van der Waals surface area contributed by atoms with Crippen molar-refractivity contribution in [2.45, 2.75) is 19.4 Å². The molecule has 2 amide bonds. The van der Waals surface area contributed by atoms with E-state index in [9.17, 15) is 14.9 Å². The van der Waals surface area contributed by atoms with E-state index in [0.29, 0.717) is 29.2 Å². The summed E-state index contributed by atoms with van der Waals surface area (Å²) < 4.78 is 1.77. The summed E-state index contributed by atoms with van der Waals surface area (Å²) in [7, 11) is 0. The van der Waals surface area contributed by atoms with Crippen LogP contribution in [0.15, 0.2) is 24.3 Å². The van der Waals surface area contributed by atoms with Crippen LogP contribution in [0.1, 0.15) is 28.2 Å². The Labute approximate surface area is 154 Å². The molecule has 2 heterocycles. The topological polar surface area (TPSA) is 86.9 Å². The zero-order valence-electron chi connectivity index (χ0n) is 13.1. The zero-order valence-corrected chi connectivity index (χ0v) is 14.6. The van der Waals surface area contributed by atoms with Crippen LogP contribution < -0.4 is 10.6 Å². The van der Waals surface area contributed by atoms with Crippen LogP contribution in [0.5, 0.6) is 0 Å². The Balaban J connectivity index is 2.05. The number of nitriles is 1. The number of hydrogen-bond donors (Lipinski definition) is 2. The molecule has 2 N–H and O–H groups in total. The Morgan fingerprint density at radius 3 is 2.72 bits per heavy atom. The Kier molecular flexibility index (Phi) is 4.98. The first-order valence-corrected chi connectivity index (χ1v) is 8.55. The molecule has 6 nitrogen and oxygen atoms in total. The molecule has 0 spiro atoms. The molecule has 0 saturated carbocycles. The van der Waals surface area contributed by atoms with Gasteiger partial charge in [0.25, 0.3) is 5.91 Å². The molecule has 1 aliphatic rings. The standard InChI is InChI=1S/C17H14Cl2N4O2/c18-8-14(24)22-15-10(9-20)13-6-3-7-23(13)16(15)17(25)21-12-5-2-1-4-11(12)19/h1-2,4-5H,3,6-8H2,(H,21,25)(H,22,24). The van der Waals surface area contributed by atoms with Crippen LogP contribution in [0.25, 0.3) is 0 Å². The average Bonchev–Trinajstić information content (AvgIpc) is 3.16. The van der Waals surface area contributed by atoms with Crippen molar-refractivity contribution >= 4 is 46.4 Å². The first-order chi connectivity index (χ1) is 12.1. The van der Waals surface area contributed by atoms with E-state index in [2.05, 4.69) is 16.7 Å². The molecule has 1 aromatic carbocycles. The molecule has 0 atom stereocenters. The van der Waals surface area contributed by atoms with Crippen LogP contribution >= 0.6 is 23.2 Å². The minimum absolute atomic E-state index is 0.201. The highest BCUT2D eigenvalue weighted by atomic mass is 35.5. The molecule has 3 rings (SSSR count). The number of anilines is 2. The molecule has 8 heteroatoms. The minimum Gasteiger partial charge on any atom is -0.337 e. The molecule has 0 radical (unpaired) electrons. The summed E-state index contributed by atoms with van der Waals surface area (Å²) in [5, 5.41) is 15.2. The van der Waals surface area contributed by atoms with Crippen LogP contribution in [0.2, 0.25) is 5.02 Å². The second-order valence-electron chi connectivity index (χ2n) is 5.53. The van der Waals surface area contributed by atoms with Crippen molar-refractivity contribution < 1.29 is 9.59 Å². The van der Waals surface area contributed by atoms with Crippen molar-refractivity contribution in [3.63, 3.8) is 0 Å². The quantitative estimate of drug-likeness (QED) is 0.801. The lowest BCUT2D eigenvalue weighted by Crippen LogP contribution is -2.21. The van der Waals surface area contributed by atoms with Gasteiger partial charge in [-0.3, -0.25) is 9.59 Å². The summed E-state index contributed by atoms with van der Waals surface area (Å²) in [5.74, 6) is -1.19. The number of halogens is 2. The SMILES string of the molecule is N#Cc1c(NC(=O)CCl)c(C(=O)Nc2ccccc2Cl)n2c1CCC2. The number of alkyl halides is 1. The molecule has 2 aromatic rings. The second-order valence-corrected chi connectivity index (χ2v) is 6.20. The van der Waals surface area contributed by atoms with Crippen molar-refractivity contribution in [1.82, 2.24) is 4.57 Å². The first kappa shape index (κ1) is 17.3. The minimum atomic E-state index is -0.478. The Morgan fingerprint density at radius 2 is 2.04 bits per heavy atom. The fraction of sp³-hybridized carbons (Fsp3) is 0.235. The maximum atomic E-state index is 12.9. The predicted octanol–water partition coefficient (Wildman–Crippen LogP) is 3.39. The van der Waals surface area contributed by atoms with E-state index in [1.807, 2.05) is 0 Å². The largest absolute Gasteiger partial charge is 0.337 e. The highest BCUT2D eigenvalue weighted by molar-refractivity contribution is 6.34. The maximum Gasteiger partial charge on any atom is 0.274 e. The highest BCUT2D eigenvalue weighted by Gasteiger charge is 2.30. The van der Waals surface area contributed by atoms with Crippen LogP contribution in [-0.2, 0) is 17.8 Å². The number of para-hydroxylation sites is 1. The average molecular weight is 377 g/mol. The molecular weight excluding hydrogens is 363 g/mol. The van der Waals surface area contributed by atoms with Crippen molar-refractivity contribution in [3.8, 4) is 6.07 Å². The summed E-state index contributed by atoms with van der Waals surface area (Å²) in [6.07, 6.45) is 1.51. The number of aromatic nitrogens is 1. The fourth-order valence-electron chi connectivity index (χ4n) is 2.97. The van der Waals surface area contributed by atoms with Gasteiger partial charge in [-0.15, -0.1) is 11.6 Å². The molecule has 25 heavy (non-hydrogen) atoms. The number of rotatable bonds is 4. The molecule has 0 bridgehead atoms. The predicted molar refractivity (Wildman–Crippen MR) is 96.2 cm³/mol. The third kappa shape index (κ3) is 3.21. The first-order valence-electron chi connectivity index (χ1n) is 7.64. The van der Waals surface area contributed by atoms with Crippen molar-refractivity contribution in [2.75, 3.05) is 16.5 Å². The normalized spacial score (nSPS) is 12.4. The van der Waals surface area contributed by atoms with Gasteiger partial charge in [0.05, 0.1) is 22.0 Å². The Hall–Kier alpha value is -2.49. The van der Waals surface area contributed by atoms with E-state index >= 15 is 0 Å². The molecule has 0 fully saturated rings. The van der Waals surface area contributed by atoms with Crippen molar-refractivity contribution in [3.05, 3.63) is 46.2 Å². The monoisotopic (exact) mass is 376 g/mol. The van der Waals surface area contributed by atoms with Crippen LogP contribution in [0.4, 0.5) is 11.4 Å². The van der Waals surface area contributed by atoms with Gasteiger partial charge in [-0.25, -0.2) is 0 Å². The van der Waals surface area contributed by atoms with Gasteiger partial charge in [-0.05, 0) is 25.0 Å². The van der Waals surface area contributed by atoms with Gasteiger partial charge in [0.2, 0.25) is 5.91 Å². The van der Waals surface area contributed by atoms with E-state index in [1.165, 1.54) is 0 Å². The molecular formula is C17H14Cl2N4O2. The van der Waals surface area contributed by atoms with E-state index in [-0.39, 0.29) is 17.3 Å². The zero-order chi connectivity index (χ0) is 18.0. The molecule has 128 valence electrons. The molecule has 1 aliphatic heterocycles. The summed E-state index contributed by atoms with van der Waals surface area (Å²) in [5.41, 5.74) is 1.95. The summed E-state index contributed by atoms with van der Waals surface area (Å²) >= 11 is 11.6. The van der Waals surface area contributed by atoms with Gasteiger partial charge in [0.1, 0.15) is 17.6 Å². The lowest BCUT2D eigenvalue weighted by atomic mass is 10.1. The van der Waals surface area contributed by atoms with E-state index in [1.54, 1.807) is 28.8 Å². The molecule has 1 aromatic heterocycles. The lowest BCUT2D eigenvalue weighted by molar-refractivity contribution is -0.113. The number of carbonyl (C=O) groups is 2. The van der Waals surface area contributed by atoms with Gasteiger partial charge in [-0.2, -0.15) is 5.26 Å². The van der Waals surface area contributed by atoms with Crippen LogP contribution in [0, 0.1) is 11.3 Å². The number of benzene rings is 1. The van der Waals surface area contributed by atoms with E-state index in [4.69, 9.17) is 23.2 Å². The van der Waals surface area contributed by atoms with Crippen molar-refractivity contribution in [2.24, 2.45) is 0 Å². The third-order valence-corrected chi connectivity index (χ3v) is 4.57. The highest BCUT2D eigenvalue weighted by Crippen LogP contribution is 2.34. The number of fused-ring (bicyclic) bond motifs is 1. The number of nitrogens with one attached hydrogen (secondary N) is 2. The van der Waals surface area contributed by atoms with Gasteiger partial charge in [0, 0.05) is 12.2 Å². The fourth-order valence-corrected chi connectivity index (χ4v) is 3.22. The smallest absolute Gasteiger partial charge is 0.274 e. The van der Waals surface area contributed by atoms with Crippen LogP contribution in [0.3, 0.4) is 0 Å². The summed E-state index contributed by atoms with van der Waals surface area (Å²) in [6.45, 7) is 0.603. The Morgan fingerprint density at radius 1 is 1.28 bits per heavy atom. The maximum absolute atomic E-state index is 12.9. The number of carbonyl (C=O) groups excluding carboxylic acids is 2. The summed E-state index contributed by atoms with van der Waals surface area (Å²) in [6, 6.07) is 8.94. The van der Waals surface area contributed by atoms with Gasteiger partial charge in [-0.1, -0.05) is 23.7 Å². The van der Waals surface area contributed by atoms with Gasteiger partial charge in [0.15, 0.2) is 0 Å². The number of hydrogen-bond acceptors (Lipinski definition) is 3. The van der Waals surface area contributed by atoms with Crippen molar-refractivity contribution in [1.29, 1.82) is 5.26 Å². The second kappa shape index (κ2) is 7.18. The van der Waals surface area contributed by atoms with Crippen LogP contribution in [-0.4, -0.2) is 22.3 Å². The molecule has 0 unspecified atom stereocenters. The molecule has 0 saturated heterocycles. The summed E-state index contributed by atoms with van der Waals surface area (Å²) in [4.78, 5) is 24.6. The van der Waals surface area contributed by atoms with Gasteiger partial charge < -0.3 is 15.2 Å². The molecule has 0 aliphatic carbocycles. The number of amides is 2. The number of nitrogens with zero attached hydrogens (tertiary/aromatic N) is 2. The van der Waals surface area contributed by atoms with E-state index < -0.39 is 11.8 Å². The third-order valence-electron chi connectivity index (χ3n) is 4.00. The van der Waals surface area contributed by atoms with E-state index in [0.717, 1.165) is 12.1 Å². The van der Waals surface area contributed by atoms with Gasteiger partial charge >= 0.3 is 0 Å². The lowest BCUT2D eigenvalue weighted by Gasteiger charge is -2.11. The Bertz CT molecular complexity index is 899.